The molecular weight excluding hydrogens is 480 g/mol. The molecule has 0 radical (unpaired) electrons. The molecule has 1 amide bonds. The van der Waals surface area contributed by atoms with Crippen LogP contribution in [-0.2, 0) is 37.3 Å². The third-order valence-corrected chi connectivity index (χ3v) is 7.68. The van der Waals surface area contributed by atoms with Crippen molar-refractivity contribution in [3.05, 3.63) is 64.7 Å². The van der Waals surface area contributed by atoms with E-state index in [0.717, 1.165) is 15.4 Å². The Morgan fingerprint density at radius 2 is 1.88 bits per heavy atom. The molecule has 2 aromatic carbocycles. The van der Waals surface area contributed by atoms with Crippen molar-refractivity contribution >= 4 is 39.5 Å². The van der Waals surface area contributed by atoms with Gasteiger partial charge in [0, 0.05) is 25.0 Å². The zero-order valence-corrected chi connectivity index (χ0v) is 20.7. The molecular formula is C23H27ClN4O5S. The number of hydrogen-bond acceptors (Lipinski definition) is 6. The summed E-state index contributed by atoms with van der Waals surface area (Å²) in [6.07, 6.45) is 0.635. The average Bonchev–Trinajstić information content (AvgIpc) is 3.00. The molecule has 1 heterocycles. The van der Waals surface area contributed by atoms with E-state index in [1.54, 1.807) is 43.3 Å². The summed E-state index contributed by atoms with van der Waals surface area (Å²) in [6.45, 7) is 1.54. The highest BCUT2D eigenvalue weighted by molar-refractivity contribution is 7.89. The molecule has 3 rings (SSSR count). The third kappa shape index (κ3) is 5.57. The lowest BCUT2D eigenvalue weighted by Gasteiger charge is -2.28. The highest BCUT2D eigenvalue weighted by Crippen LogP contribution is 2.24. The van der Waals surface area contributed by atoms with Crippen LogP contribution in [0.5, 0.6) is 0 Å². The summed E-state index contributed by atoms with van der Waals surface area (Å²) in [5, 5.41) is 11.6. The number of ether oxygens (including phenoxy) is 1. The molecule has 34 heavy (non-hydrogen) atoms. The van der Waals surface area contributed by atoms with Crippen LogP contribution < -0.4 is 5.32 Å². The van der Waals surface area contributed by atoms with Crippen molar-refractivity contribution in [2.75, 3.05) is 20.7 Å². The minimum Gasteiger partial charge on any atom is -0.469 e. The molecule has 11 heteroatoms. The fraction of sp³-hybridized carbons (Fsp3) is 0.348. The maximum absolute atomic E-state index is 13.2. The van der Waals surface area contributed by atoms with Crippen LogP contribution in [-0.4, -0.2) is 61.7 Å². The number of carbonyl (C=O) groups excluding carboxylic acids is 2. The number of guanidine groups is 1. The Kier molecular flexibility index (Phi) is 7.64. The molecule has 1 aliphatic rings. The van der Waals surface area contributed by atoms with Gasteiger partial charge in [0.25, 0.3) is 5.91 Å². The SMILES string of the molecule is COC(=O)CCc1ccc(S(=O)(=O)N(C)CC2(C)NC(=N)N(Cc3cccc(Cl)c3)C2=O)cc1. The zero-order chi connectivity index (χ0) is 25.1. The van der Waals surface area contributed by atoms with Crippen molar-refractivity contribution in [2.24, 2.45) is 0 Å². The van der Waals surface area contributed by atoms with E-state index in [4.69, 9.17) is 17.0 Å². The van der Waals surface area contributed by atoms with Crippen molar-refractivity contribution < 1.29 is 22.7 Å². The Morgan fingerprint density at radius 1 is 1.21 bits per heavy atom. The quantitative estimate of drug-likeness (QED) is 0.504. The molecule has 0 bridgehead atoms. The van der Waals surface area contributed by atoms with Crippen LogP contribution in [0.25, 0.3) is 0 Å². The average molecular weight is 507 g/mol. The number of aryl methyl sites for hydroxylation is 1. The number of nitrogens with zero attached hydrogens (tertiary/aromatic N) is 2. The van der Waals surface area contributed by atoms with Gasteiger partial charge in [-0.3, -0.25) is 19.9 Å². The Hall–Kier alpha value is -2.95. The summed E-state index contributed by atoms with van der Waals surface area (Å²) < 4.78 is 31.9. The molecule has 0 aromatic heterocycles. The molecule has 1 fully saturated rings. The monoisotopic (exact) mass is 506 g/mol. The van der Waals surface area contributed by atoms with Gasteiger partial charge >= 0.3 is 5.97 Å². The van der Waals surface area contributed by atoms with Gasteiger partial charge in [0.2, 0.25) is 10.0 Å². The van der Waals surface area contributed by atoms with Crippen LogP contribution in [0, 0.1) is 5.41 Å². The standard InChI is InChI=1S/C23H27ClN4O5S/c1-23(21(30)28(22(25)26-23)14-17-5-4-6-18(24)13-17)15-27(2)34(31,32)19-10-7-16(8-11-19)9-12-20(29)33-3/h4-8,10-11,13H,9,12,14-15H2,1-3H3,(H2,25,26). The summed E-state index contributed by atoms with van der Waals surface area (Å²) in [5.74, 6) is -0.848. The molecule has 182 valence electrons. The van der Waals surface area contributed by atoms with Gasteiger partial charge in [-0.2, -0.15) is 4.31 Å². The first-order chi connectivity index (χ1) is 16.0. The second-order valence-electron chi connectivity index (χ2n) is 8.31. The van der Waals surface area contributed by atoms with E-state index in [2.05, 4.69) is 10.1 Å². The Labute approximate surface area is 204 Å². The van der Waals surface area contributed by atoms with Crippen molar-refractivity contribution in [3.8, 4) is 0 Å². The van der Waals surface area contributed by atoms with Crippen molar-refractivity contribution in [1.29, 1.82) is 5.41 Å². The molecule has 0 saturated carbocycles. The molecule has 2 aromatic rings. The van der Waals surface area contributed by atoms with Gasteiger partial charge < -0.3 is 10.1 Å². The third-order valence-electron chi connectivity index (χ3n) is 5.63. The lowest BCUT2D eigenvalue weighted by molar-refractivity contribution is -0.140. The Balaban J connectivity index is 1.70. The molecule has 0 aliphatic carbocycles. The highest BCUT2D eigenvalue weighted by Gasteiger charge is 2.47. The molecule has 1 saturated heterocycles. The lowest BCUT2D eigenvalue weighted by atomic mass is 10.0. The number of likely N-dealkylation sites (N-methyl/N-ethyl adjacent to an activating group) is 1. The number of hydrogen-bond donors (Lipinski definition) is 2. The largest absolute Gasteiger partial charge is 0.469 e. The molecule has 0 spiro atoms. The fourth-order valence-corrected chi connectivity index (χ4v) is 5.23. The number of rotatable bonds is 9. The van der Waals surface area contributed by atoms with Gasteiger partial charge in [-0.1, -0.05) is 35.9 Å². The maximum Gasteiger partial charge on any atom is 0.305 e. The number of nitrogens with one attached hydrogen (secondary N) is 2. The van der Waals surface area contributed by atoms with Crippen LogP contribution in [0.4, 0.5) is 0 Å². The van der Waals surface area contributed by atoms with E-state index in [9.17, 15) is 18.0 Å². The Morgan fingerprint density at radius 3 is 2.50 bits per heavy atom. The van der Waals surface area contributed by atoms with Gasteiger partial charge in [-0.05, 0) is 48.7 Å². The summed E-state index contributed by atoms with van der Waals surface area (Å²) >= 11 is 6.02. The minimum absolute atomic E-state index is 0.0664. The normalized spacial score (nSPS) is 18.3. The second-order valence-corrected chi connectivity index (χ2v) is 10.8. The fourth-order valence-electron chi connectivity index (χ4n) is 3.74. The highest BCUT2D eigenvalue weighted by atomic mass is 35.5. The summed E-state index contributed by atoms with van der Waals surface area (Å²) in [6, 6.07) is 13.2. The first-order valence-electron chi connectivity index (χ1n) is 10.5. The van der Waals surface area contributed by atoms with E-state index >= 15 is 0 Å². The predicted octanol–water partition coefficient (Wildman–Crippen LogP) is 2.39. The second kappa shape index (κ2) is 10.1. The van der Waals surface area contributed by atoms with Gasteiger partial charge in [-0.15, -0.1) is 0 Å². The lowest BCUT2D eigenvalue weighted by Crippen LogP contribution is -2.53. The Bertz CT molecular complexity index is 1200. The maximum atomic E-state index is 13.2. The van der Waals surface area contributed by atoms with Crippen LogP contribution in [0.3, 0.4) is 0 Å². The van der Waals surface area contributed by atoms with Gasteiger partial charge in [0.15, 0.2) is 5.96 Å². The number of esters is 1. The van der Waals surface area contributed by atoms with Gasteiger partial charge in [0.1, 0.15) is 5.54 Å². The number of sulfonamides is 1. The first-order valence-corrected chi connectivity index (χ1v) is 12.3. The summed E-state index contributed by atoms with van der Waals surface area (Å²) in [4.78, 5) is 25.8. The number of amides is 1. The van der Waals surface area contributed by atoms with Gasteiger partial charge in [0.05, 0.1) is 18.6 Å². The predicted molar refractivity (Wildman–Crippen MR) is 128 cm³/mol. The smallest absolute Gasteiger partial charge is 0.305 e. The molecule has 1 aliphatic heterocycles. The number of carbonyl (C=O) groups is 2. The first kappa shape index (κ1) is 25.7. The summed E-state index contributed by atoms with van der Waals surface area (Å²) in [5.41, 5.74) is 0.249. The summed E-state index contributed by atoms with van der Waals surface area (Å²) in [7, 11) is -1.19. The van der Waals surface area contributed by atoms with Crippen molar-refractivity contribution in [3.63, 3.8) is 0 Å². The molecule has 2 N–H and O–H groups in total. The number of benzene rings is 2. The van der Waals surface area contributed by atoms with Crippen LogP contribution in [0.15, 0.2) is 53.4 Å². The van der Waals surface area contributed by atoms with Crippen molar-refractivity contribution in [1.82, 2.24) is 14.5 Å². The van der Waals surface area contributed by atoms with Gasteiger partial charge in [-0.25, -0.2) is 8.42 Å². The minimum atomic E-state index is -3.90. The van der Waals surface area contributed by atoms with Crippen LogP contribution in [0.1, 0.15) is 24.5 Å². The number of methoxy groups -OCH3 is 1. The topological polar surface area (TPSA) is 120 Å². The van der Waals surface area contributed by atoms with E-state index in [0.29, 0.717) is 11.4 Å². The van der Waals surface area contributed by atoms with Crippen LogP contribution >= 0.6 is 11.6 Å². The van der Waals surface area contributed by atoms with E-state index < -0.39 is 21.5 Å². The molecule has 9 nitrogen and oxygen atoms in total. The zero-order valence-electron chi connectivity index (χ0n) is 19.2. The van der Waals surface area contributed by atoms with E-state index in [-0.39, 0.29) is 36.3 Å². The van der Waals surface area contributed by atoms with Crippen LogP contribution in [0.2, 0.25) is 5.02 Å². The van der Waals surface area contributed by atoms with E-state index in [1.807, 2.05) is 0 Å². The molecule has 1 unspecified atom stereocenters. The van der Waals surface area contributed by atoms with Crippen molar-refractivity contribution in [2.45, 2.75) is 36.7 Å². The molecule has 1 atom stereocenters. The van der Waals surface area contributed by atoms with E-state index in [1.165, 1.54) is 31.2 Å². The number of halogens is 1.